The van der Waals surface area contributed by atoms with Crippen LogP contribution < -0.4 is 5.32 Å². The number of amides is 1. The molecule has 0 fully saturated rings. The third-order valence-electron chi connectivity index (χ3n) is 2.40. The number of aliphatic carboxylic acids is 1. The Kier molecular flexibility index (Phi) is 5.17. The second kappa shape index (κ2) is 6.63. The first-order chi connectivity index (χ1) is 8.93. The number of rotatable bonds is 6. The summed E-state index contributed by atoms with van der Waals surface area (Å²) in [5, 5.41) is 11.1. The fraction of sp³-hybridized carbons (Fsp3) is 0.231. The average molecular weight is 269 g/mol. The molecule has 19 heavy (non-hydrogen) atoms. The van der Waals surface area contributed by atoms with Crippen molar-refractivity contribution in [3.05, 3.63) is 48.1 Å². The number of nitrogens with one attached hydrogen (secondary N) is 1. The van der Waals surface area contributed by atoms with E-state index < -0.39 is 29.6 Å². The van der Waals surface area contributed by atoms with Crippen molar-refractivity contribution in [1.82, 2.24) is 5.32 Å². The summed E-state index contributed by atoms with van der Waals surface area (Å²) in [5.41, 5.74) is 0.00152. The van der Waals surface area contributed by atoms with Gasteiger partial charge in [0.1, 0.15) is 17.7 Å². The third kappa shape index (κ3) is 4.50. The van der Waals surface area contributed by atoms with Crippen LogP contribution in [0.5, 0.6) is 0 Å². The number of hydrogen-bond donors (Lipinski definition) is 2. The maximum Gasteiger partial charge on any atom is 0.326 e. The van der Waals surface area contributed by atoms with E-state index in [-0.39, 0.29) is 18.4 Å². The molecule has 2 N–H and O–H groups in total. The molecule has 0 saturated carbocycles. The molecule has 0 aliphatic carbocycles. The highest BCUT2D eigenvalue weighted by Gasteiger charge is 2.19. The van der Waals surface area contributed by atoms with Crippen LogP contribution in [0.2, 0.25) is 0 Å². The van der Waals surface area contributed by atoms with E-state index in [1.54, 1.807) is 0 Å². The summed E-state index contributed by atoms with van der Waals surface area (Å²) in [6, 6.07) is 1.74. The van der Waals surface area contributed by atoms with Gasteiger partial charge >= 0.3 is 5.97 Å². The highest BCUT2D eigenvalue weighted by molar-refractivity contribution is 5.84. The molecule has 0 aromatic heterocycles. The number of carboxylic acid groups (broad SMARTS) is 1. The van der Waals surface area contributed by atoms with Gasteiger partial charge in [0.15, 0.2) is 0 Å². The second-order valence-corrected chi connectivity index (χ2v) is 3.90. The van der Waals surface area contributed by atoms with Gasteiger partial charge in [0.2, 0.25) is 5.91 Å². The van der Waals surface area contributed by atoms with Gasteiger partial charge in [0, 0.05) is 6.07 Å². The van der Waals surface area contributed by atoms with E-state index in [1.165, 1.54) is 6.08 Å². The lowest BCUT2D eigenvalue weighted by molar-refractivity contribution is -0.141. The van der Waals surface area contributed by atoms with Gasteiger partial charge < -0.3 is 10.4 Å². The van der Waals surface area contributed by atoms with Crippen LogP contribution in [0, 0.1) is 11.6 Å². The van der Waals surface area contributed by atoms with Crippen LogP contribution in [-0.4, -0.2) is 23.0 Å². The van der Waals surface area contributed by atoms with Crippen molar-refractivity contribution in [3.63, 3.8) is 0 Å². The minimum absolute atomic E-state index is 0.00152. The Labute approximate surface area is 108 Å². The highest BCUT2D eigenvalue weighted by Crippen LogP contribution is 2.10. The van der Waals surface area contributed by atoms with Crippen LogP contribution in [0.25, 0.3) is 0 Å². The number of hydrogen-bond acceptors (Lipinski definition) is 2. The van der Waals surface area contributed by atoms with Gasteiger partial charge in [-0.05, 0) is 18.1 Å². The zero-order valence-corrected chi connectivity index (χ0v) is 10.0. The zero-order valence-electron chi connectivity index (χ0n) is 10.0. The molecule has 0 aliphatic rings. The van der Waals surface area contributed by atoms with Crippen molar-refractivity contribution in [2.75, 3.05) is 0 Å². The molecular weight excluding hydrogens is 256 g/mol. The minimum Gasteiger partial charge on any atom is -0.480 e. The Balaban J connectivity index is 2.68. The lowest BCUT2D eigenvalue weighted by Crippen LogP contribution is -2.41. The lowest BCUT2D eigenvalue weighted by Gasteiger charge is -2.12. The smallest absolute Gasteiger partial charge is 0.326 e. The summed E-state index contributed by atoms with van der Waals surface area (Å²) >= 11 is 0. The van der Waals surface area contributed by atoms with Crippen molar-refractivity contribution < 1.29 is 23.5 Å². The van der Waals surface area contributed by atoms with Gasteiger partial charge in [0.25, 0.3) is 0 Å². The molecule has 6 heteroatoms. The summed E-state index contributed by atoms with van der Waals surface area (Å²) < 4.78 is 26.0. The van der Waals surface area contributed by atoms with Crippen LogP contribution in [0.3, 0.4) is 0 Å². The molecule has 0 heterocycles. The van der Waals surface area contributed by atoms with Crippen molar-refractivity contribution in [2.24, 2.45) is 0 Å². The summed E-state index contributed by atoms with van der Waals surface area (Å²) in [6.45, 7) is 3.38. The second-order valence-electron chi connectivity index (χ2n) is 3.90. The molecule has 1 amide bonds. The Bertz CT molecular complexity index is 503. The van der Waals surface area contributed by atoms with Gasteiger partial charge in [-0.15, -0.1) is 6.58 Å². The predicted molar refractivity (Wildman–Crippen MR) is 64.4 cm³/mol. The molecule has 0 bridgehead atoms. The summed E-state index contributed by atoms with van der Waals surface area (Å²) in [5.74, 6) is -3.44. The molecule has 102 valence electrons. The molecular formula is C13H13F2NO3. The standard InChI is InChI=1S/C13H13F2NO3/c1-2-3-11(13(18)19)16-12(17)6-8-4-5-9(14)7-10(8)15/h2,4-5,7,11H,1,3,6H2,(H,16,17)(H,18,19). The highest BCUT2D eigenvalue weighted by atomic mass is 19.1. The summed E-state index contributed by atoms with van der Waals surface area (Å²) in [7, 11) is 0. The Hall–Kier alpha value is -2.24. The van der Waals surface area contributed by atoms with E-state index in [4.69, 9.17) is 5.11 Å². The predicted octanol–water partition coefficient (Wildman–Crippen LogP) is 1.65. The fourth-order valence-electron chi connectivity index (χ4n) is 1.47. The largest absolute Gasteiger partial charge is 0.480 e. The van der Waals surface area contributed by atoms with E-state index in [9.17, 15) is 18.4 Å². The van der Waals surface area contributed by atoms with Gasteiger partial charge in [-0.1, -0.05) is 12.1 Å². The number of carbonyl (C=O) groups is 2. The number of halogens is 2. The van der Waals surface area contributed by atoms with E-state index in [0.29, 0.717) is 6.07 Å². The van der Waals surface area contributed by atoms with E-state index in [0.717, 1.165) is 12.1 Å². The number of carbonyl (C=O) groups excluding carboxylic acids is 1. The molecule has 1 rings (SSSR count). The number of carboxylic acids is 1. The molecule has 4 nitrogen and oxygen atoms in total. The average Bonchev–Trinajstić information content (AvgIpc) is 2.32. The maximum atomic E-state index is 13.3. The maximum absolute atomic E-state index is 13.3. The Morgan fingerprint density at radius 2 is 2.11 bits per heavy atom. The quantitative estimate of drug-likeness (QED) is 0.772. The van der Waals surface area contributed by atoms with Gasteiger partial charge in [0.05, 0.1) is 6.42 Å². The third-order valence-corrected chi connectivity index (χ3v) is 2.40. The van der Waals surface area contributed by atoms with E-state index in [1.807, 2.05) is 0 Å². The van der Waals surface area contributed by atoms with Crippen molar-refractivity contribution >= 4 is 11.9 Å². The van der Waals surface area contributed by atoms with Crippen molar-refractivity contribution in [2.45, 2.75) is 18.9 Å². The lowest BCUT2D eigenvalue weighted by atomic mass is 10.1. The topological polar surface area (TPSA) is 66.4 Å². The first-order valence-electron chi connectivity index (χ1n) is 5.51. The first-order valence-corrected chi connectivity index (χ1v) is 5.51. The Morgan fingerprint density at radius 1 is 1.42 bits per heavy atom. The summed E-state index contributed by atoms with van der Waals surface area (Å²) in [4.78, 5) is 22.4. The van der Waals surface area contributed by atoms with Gasteiger partial charge in [-0.3, -0.25) is 4.79 Å². The monoisotopic (exact) mass is 269 g/mol. The fourth-order valence-corrected chi connectivity index (χ4v) is 1.47. The number of benzene rings is 1. The van der Waals surface area contributed by atoms with Crippen molar-refractivity contribution in [3.8, 4) is 0 Å². The van der Waals surface area contributed by atoms with E-state index >= 15 is 0 Å². The minimum atomic E-state index is -1.20. The van der Waals surface area contributed by atoms with E-state index in [2.05, 4.69) is 11.9 Å². The molecule has 0 aliphatic heterocycles. The SMILES string of the molecule is C=CCC(NC(=O)Cc1ccc(F)cc1F)C(=O)O. The van der Waals surface area contributed by atoms with Crippen LogP contribution >= 0.6 is 0 Å². The van der Waals surface area contributed by atoms with Crippen LogP contribution in [0.15, 0.2) is 30.9 Å². The first kappa shape index (κ1) is 14.8. The van der Waals surface area contributed by atoms with Gasteiger partial charge in [-0.25, -0.2) is 13.6 Å². The summed E-state index contributed by atoms with van der Waals surface area (Å²) in [6.07, 6.45) is 1.07. The van der Waals surface area contributed by atoms with Crippen LogP contribution in [0.1, 0.15) is 12.0 Å². The normalized spacial score (nSPS) is 11.7. The molecule has 1 atom stereocenters. The molecule has 0 spiro atoms. The molecule has 1 aromatic carbocycles. The molecule has 1 aromatic rings. The van der Waals surface area contributed by atoms with Crippen molar-refractivity contribution in [1.29, 1.82) is 0 Å². The molecule has 0 saturated heterocycles. The van der Waals surface area contributed by atoms with Crippen LogP contribution in [0.4, 0.5) is 8.78 Å². The van der Waals surface area contributed by atoms with Crippen LogP contribution in [-0.2, 0) is 16.0 Å². The Morgan fingerprint density at radius 3 is 2.63 bits per heavy atom. The molecule has 1 unspecified atom stereocenters. The molecule has 0 radical (unpaired) electrons. The van der Waals surface area contributed by atoms with Gasteiger partial charge in [-0.2, -0.15) is 0 Å². The zero-order chi connectivity index (χ0) is 14.4.